The molecule has 0 saturated heterocycles. The molecule has 2 unspecified atom stereocenters. The van der Waals surface area contributed by atoms with Crippen molar-refractivity contribution in [1.29, 1.82) is 5.26 Å². The number of fused-ring (bicyclic) bond motifs is 1. The summed E-state index contributed by atoms with van der Waals surface area (Å²) in [7, 11) is 1.93. The Hall–Kier alpha value is -2.84. The van der Waals surface area contributed by atoms with Crippen LogP contribution in [0.15, 0.2) is 48.5 Å². The van der Waals surface area contributed by atoms with Crippen molar-refractivity contribution in [2.24, 2.45) is 0 Å². The summed E-state index contributed by atoms with van der Waals surface area (Å²) in [5.41, 5.74) is 2.75. The lowest BCUT2D eigenvalue weighted by molar-refractivity contribution is -0.126. The van der Waals surface area contributed by atoms with Crippen LogP contribution in [0, 0.1) is 11.3 Å². The number of hydrogen-bond acceptors (Lipinski definition) is 4. The third-order valence-electron chi connectivity index (χ3n) is 4.83. The maximum atomic E-state index is 12.7. The first-order valence-electron chi connectivity index (χ1n) is 8.80. The minimum Gasteiger partial charge on any atom is -0.493 e. The standard InChI is InChI=1S/C21H23N3O2/c1-15(24(2)14-17-9-7-16(13-22)8-10-17)21(25)23-19-11-12-26-20-6-4-3-5-18(19)20/h3-10,15,19H,11-12,14H2,1-2H3,(H,23,25). The molecule has 3 rings (SSSR count). The topological polar surface area (TPSA) is 65.4 Å². The molecule has 2 aromatic rings. The van der Waals surface area contributed by atoms with Crippen molar-refractivity contribution >= 4 is 5.91 Å². The van der Waals surface area contributed by atoms with Gasteiger partial charge in [0.25, 0.3) is 0 Å². The minimum absolute atomic E-state index is 0.00264. The van der Waals surface area contributed by atoms with Crippen LogP contribution in [0.2, 0.25) is 0 Å². The van der Waals surface area contributed by atoms with Crippen LogP contribution in [0.3, 0.4) is 0 Å². The second-order valence-corrected chi connectivity index (χ2v) is 6.64. The number of amides is 1. The van der Waals surface area contributed by atoms with E-state index in [1.807, 2.05) is 55.3 Å². The summed E-state index contributed by atoms with van der Waals surface area (Å²) >= 11 is 0. The van der Waals surface area contributed by atoms with E-state index in [-0.39, 0.29) is 18.0 Å². The molecule has 2 atom stereocenters. The Kier molecular flexibility index (Phi) is 5.55. The van der Waals surface area contributed by atoms with Crippen LogP contribution in [0.4, 0.5) is 0 Å². The summed E-state index contributed by atoms with van der Waals surface area (Å²) in [6.45, 7) is 3.16. The zero-order chi connectivity index (χ0) is 18.5. The molecule has 0 aliphatic carbocycles. The summed E-state index contributed by atoms with van der Waals surface area (Å²) in [4.78, 5) is 14.7. The van der Waals surface area contributed by atoms with Crippen LogP contribution in [0.25, 0.3) is 0 Å². The van der Waals surface area contributed by atoms with Gasteiger partial charge < -0.3 is 10.1 Å². The van der Waals surface area contributed by atoms with Crippen molar-refractivity contribution < 1.29 is 9.53 Å². The van der Waals surface area contributed by atoms with E-state index >= 15 is 0 Å². The van der Waals surface area contributed by atoms with Gasteiger partial charge in [0.05, 0.1) is 30.3 Å². The molecule has 2 aromatic carbocycles. The lowest BCUT2D eigenvalue weighted by Crippen LogP contribution is -2.45. The Morgan fingerprint density at radius 2 is 2.04 bits per heavy atom. The van der Waals surface area contributed by atoms with E-state index in [9.17, 15) is 4.79 Å². The zero-order valence-corrected chi connectivity index (χ0v) is 15.1. The van der Waals surface area contributed by atoms with Gasteiger partial charge in [-0.05, 0) is 37.7 Å². The lowest BCUT2D eigenvalue weighted by Gasteiger charge is -2.30. The molecule has 0 bridgehead atoms. The summed E-state index contributed by atoms with van der Waals surface area (Å²) in [6.07, 6.45) is 0.773. The fraction of sp³-hybridized carbons (Fsp3) is 0.333. The van der Waals surface area contributed by atoms with Crippen LogP contribution in [-0.4, -0.2) is 30.5 Å². The van der Waals surface area contributed by atoms with Gasteiger partial charge in [-0.15, -0.1) is 0 Å². The first-order chi connectivity index (χ1) is 12.6. The number of nitriles is 1. The molecule has 1 heterocycles. The Bertz CT molecular complexity index is 811. The average Bonchev–Trinajstić information content (AvgIpc) is 2.68. The highest BCUT2D eigenvalue weighted by molar-refractivity contribution is 5.81. The van der Waals surface area contributed by atoms with E-state index in [1.54, 1.807) is 12.1 Å². The van der Waals surface area contributed by atoms with E-state index in [0.717, 1.165) is 23.3 Å². The number of likely N-dealkylation sites (N-methyl/N-ethyl adjacent to an activating group) is 1. The number of carbonyl (C=O) groups is 1. The van der Waals surface area contributed by atoms with Gasteiger partial charge in [0.1, 0.15) is 5.75 Å². The van der Waals surface area contributed by atoms with Gasteiger partial charge in [-0.2, -0.15) is 5.26 Å². The minimum atomic E-state index is -0.263. The van der Waals surface area contributed by atoms with Crippen molar-refractivity contribution in [2.45, 2.75) is 32.0 Å². The molecule has 5 heteroatoms. The van der Waals surface area contributed by atoms with Crippen LogP contribution >= 0.6 is 0 Å². The van der Waals surface area contributed by atoms with Gasteiger partial charge in [0.15, 0.2) is 0 Å². The normalized spacial score (nSPS) is 16.9. The maximum Gasteiger partial charge on any atom is 0.237 e. The van der Waals surface area contributed by atoms with E-state index < -0.39 is 0 Å². The molecule has 5 nitrogen and oxygen atoms in total. The number of para-hydroxylation sites is 1. The molecule has 0 spiro atoms. The van der Waals surface area contributed by atoms with E-state index in [4.69, 9.17) is 10.00 Å². The van der Waals surface area contributed by atoms with Crippen LogP contribution in [-0.2, 0) is 11.3 Å². The molecular weight excluding hydrogens is 326 g/mol. The van der Waals surface area contributed by atoms with Crippen LogP contribution in [0.5, 0.6) is 5.75 Å². The smallest absolute Gasteiger partial charge is 0.237 e. The number of benzene rings is 2. The van der Waals surface area contributed by atoms with Crippen LogP contribution in [0.1, 0.15) is 36.1 Å². The Morgan fingerprint density at radius 3 is 2.77 bits per heavy atom. The molecular formula is C21H23N3O2. The molecule has 1 amide bonds. The van der Waals surface area contributed by atoms with Gasteiger partial charge in [-0.1, -0.05) is 30.3 Å². The van der Waals surface area contributed by atoms with Crippen molar-refractivity contribution in [1.82, 2.24) is 10.2 Å². The SMILES string of the molecule is CC(C(=O)NC1CCOc2ccccc21)N(C)Cc1ccc(C#N)cc1. The molecule has 1 aliphatic rings. The van der Waals surface area contributed by atoms with Crippen molar-refractivity contribution in [3.05, 3.63) is 65.2 Å². The molecule has 1 aliphatic heterocycles. The lowest BCUT2D eigenvalue weighted by atomic mass is 10.00. The highest BCUT2D eigenvalue weighted by Crippen LogP contribution is 2.31. The van der Waals surface area contributed by atoms with Crippen molar-refractivity contribution in [3.63, 3.8) is 0 Å². The molecule has 0 aromatic heterocycles. The second-order valence-electron chi connectivity index (χ2n) is 6.64. The Morgan fingerprint density at radius 1 is 1.31 bits per heavy atom. The third-order valence-corrected chi connectivity index (χ3v) is 4.83. The van der Waals surface area contributed by atoms with Crippen molar-refractivity contribution in [2.75, 3.05) is 13.7 Å². The number of hydrogen-bond donors (Lipinski definition) is 1. The third kappa shape index (κ3) is 4.04. The second kappa shape index (κ2) is 8.03. The van der Waals surface area contributed by atoms with Gasteiger partial charge in [0, 0.05) is 18.5 Å². The molecule has 1 N–H and O–H groups in total. The van der Waals surface area contributed by atoms with Crippen molar-refractivity contribution in [3.8, 4) is 11.8 Å². The predicted octanol–water partition coefficient (Wildman–Crippen LogP) is 3.02. The fourth-order valence-electron chi connectivity index (χ4n) is 3.09. The zero-order valence-electron chi connectivity index (χ0n) is 15.1. The molecule has 134 valence electrons. The number of nitrogens with zero attached hydrogens (tertiary/aromatic N) is 2. The number of rotatable bonds is 5. The first-order valence-corrected chi connectivity index (χ1v) is 8.80. The quantitative estimate of drug-likeness (QED) is 0.901. The monoisotopic (exact) mass is 349 g/mol. The molecule has 0 radical (unpaired) electrons. The largest absolute Gasteiger partial charge is 0.493 e. The van der Waals surface area contributed by atoms with Gasteiger partial charge in [-0.25, -0.2) is 0 Å². The molecule has 0 fully saturated rings. The Balaban J connectivity index is 1.61. The van der Waals surface area contributed by atoms with Gasteiger partial charge >= 0.3 is 0 Å². The fourth-order valence-corrected chi connectivity index (χ4v) is 3.09. The van der Waals surface area contributed by atoms with Crippen LogP contribution < -0.4 is 10.1 Å². The van der Waals surface area contributed by atoms with E-state index in [0.29, 0.717) is 18.7 Å². The molecule has 26 heavy (non-hydrogen) atoms. The van der Waals surface area contributed by atoms with Gasteiger partial charge in [0.2, 0.25) is 5.91 Å². The Labute approximate surface area is 154 Å². The summed E-state index contributed by atoms with van der Waals surface area (Å²) in [5, 5.41) is 12.0. The van der Waals surface area contributed by atoms with E-state index in [1.165, 1.54) is 0 Å². The maximum absolute atomic E-state index is 12.7. The molecule has 0 saturated carbocycles. The predicted molar refractivity (Wildman–Crippen MR) is 99.5 cm³/mol. The summed E-state index contributed by atoms with van der Waals surface area (Å²) < 4.78 is 5.66. The number of ether oxygens (including phenoxy) is 1. The van der Waals surface area contributed by atoms with E-state index in [2.05, 4.69) is 11.4 Å². The summed E-state index contributed by atoms with van der Waals surface area (Å²) in [5.74, 6) is 0.852. The highest BCUT2D eigenvalue weighted by Gasteiger charge is 2.26. The van der Waals surface area contributed by atoms with Gasteiger partial charge in [-0.3, -0.25) is 9.69 Å². The number of nitrogens with one attached hydrogen (secondary N) is 1. The number of carbonyl (C=O) groups excluding carboxylic acids is 1. The first kappa shape index (κ1) is 18.0. The average molecular weight is 349 g/mol. The highest BCUT2D eigenvalue weighted by atomic mass is 16.5. The summed E-state index contributed by atoms with van der Waals surface area (Å²) in [6, 6.07) is 17.1.